The standard InChI is InChI=1S/C16H23NS/c1-13-4-2-5-14(10-13)15-11-17-8-7-16(15)6-3-9-18-12-16/h2,4-5,10,15,17H,3,6-9,11-12H2,1H3. The van der Waals surface area contributed by atoms with Crippen molar-refractivity contribution in [2.45, 2.75) is 32.1 Å². The van der Waals surface area contributed by atoms with Gasteiger partial charge >= 0.3 is 0 Å². The number of rotatable bonds is 1. The van der Waals surface area contributed by atoms with Crippen molar-refractivity contribution in [1.82, 2.24) is 5.32 Å². The molecule has 2 heteroatoms. The molecule has 1 aromatic rings. The molecule has 1 N–H and O–H groups in total. The predicted molar refractivity (Wildman–Crippen MR) is 80.4 cm³/mol. The summed E-state index contributed by atoms with van der Waals surface area (Å²) in [6, 6.07) is 9.18. The summed E-state index contributed by atoms with van der Waals surface area (Å²) < 4.78 is 0. The highest BCUT2D eigenvalue weighted by Gasteiger charge is 2.42. The molecule has 3 rings (SSSR count). The average Bonchev–Trinajstić information content (AvgIpc) is 2.40. The van der Waals surface area contributed by atoms with Crippen molar-refractivity contribution in [2.75, 3.05) is 24.6 Å². The Morgan fingerprint density at radius 2 is 2.28 bits per heavy atom. The van der Waals surface area contributed by atoms with E-state index in [2.05, 4.69) is 48.3 Å². The Morgan fingerprint density at radius 1 is 1.33 bits per heavy atom. The first-order chi connectivity index (χ1) is 8.80. The van der Waals surface area contributed by atoms with E-state index in [0.29, 0.717) is 5.41 Å². The average molecular weight is 261 g/mol. The number of hydrogen-bond donors (Lipinski definition) is 1. The molecule has 0 amide bonds. The smallest absolute Gasteiger partial charge is 0.00284 e. The summed E-state index contributed by atoms with van der Waals surface area (Å²) in [5, 5.41) is 3.62. The number of piperidine rings is 1. The van der Waals surface area contributed by atoms with Crippen LogP contribution in [-0.2, 0) is 0 Å². The molecular weight excluding hydrogens is 238 g/mol. The van der Waals surface area contributed by atoms with Crippen LogP contribution in [0.4, 0.5) is 0 Å². The predicted octanol–water partition coefficient (Wildman–Crippen LogP) is 3.59. The molecule has 2 heterocycles. The highest BCUT2D eigenvalue weighted by Crippen LogP contribution is 2.49. The first-order valence-electron chi connectivity index (χ1n) is 7.15. The van der Waals surface area contributed by atoms with Gasteiger partial charge in [-0.25, -0.2) is 0 Å². The van der Waals surface area contributed by atoms with Crippen LogP contribution in [0.2, 0.25) is 0 Å². The SMILES string of the molecule is Cc1cccc(C2CNCCC23CCCSC3)c1. The molecule has 0 radical (unpaired) electrons. The van der Waals surface area contributed by atoms with E-state index in [1.165, 1.54) is 49.4 Å². The third-order valence-electron chi connectivity index (χ3n) is 4.68. The molecular formula is C16H23NS. The van der Waals surface area contributed by atoms with Crippen LogP contribution in [0, 0.1) is 12.3 Å². The van der Waals surface area contributed by atoms with Crippen molar-refractivity contribution < 1.29 is 0 Å². The summed E-state index contributed by atoms with van der Waals surface area (Å²) in [4.78, 5) is 0. The minimum absolute atomic E-state index is 0.571. The van der Waals surface area contributed by atoms with E-state index in [-0.39, 0.29) is 0 Å². The van der Waals surface area contributed by atoms with Gasteiger partial charge in [0, 0.05) is 12.5 Å². The molecule has 2 saturated heterocycles. The number of hydrogen-bond acceptors (Lipinski definition) is 2. The van der Waals surface area contributed by atoms with Gasteiger partial charge in [0.05, 0.1) is 0 Å². The van der Waals surface area contributed by atoms with Crippen molar-refractivity contribution in [3.05, 3.63) is 35.4 Å². The van der Waals surface area contributed by atoms with E-state index in [1.807, 2.05) is 0 Å². The van der Waals surface area contributed by atoms with Gasteiger partial charge in [-0.1, -0.05) is 29.8 Å². The lowest BCUT2D eigenvalue weighted by atomic mass is 9.66. The molecule has 18 heavy (non-hydrogen) atoms. The number of thioether (sulfide) groups is 1. The van der Waals surface area contributed by atoms with Crippen molar-refractivity contribution >= 4 is 11.8 Å². The van der Waals surface area contributed by atoms with Gasteiger partial charge in [0.25, 0.3) is 0 Å². The summed E-state index contributed by atoms with van der Waals surface area (Å²) in [7, 11) is 0. The Morgan fingerprint density at radius 3 is 3.06 bits per heavy atom. The number of aryl methyl sites for hydroxylation is 1. The van der Waals surface area contributed by atoms with Gasteiger partial charge in [-0.15, -0.1) is 0 Å². The van der Waals surface area contributed by atoms with E-state index in [4.69, 9.17) is 0 Å². The fourth-order valence-electron chi connectivity index (χ4n) is 3.68. The third-order valence-corrected chi connectivity index (χ3v) is 6.04. The number of benzene rings is 1. The zero-order valence-corrected chi connectivity index (χ0v) is 12.1. The van der Waals surface area contributed by atoms with Crippen molar-refractivity contribution in [3.63, 3.8) is 0 Å². The van der Waals surface area contributed by atoms with Crippen LogP contribution >= 0.6 is 11.8 Å². The summed E-state index contributed by atoms with van der Waals surface area (Å²) in [6.07, 6.45) is 4.20. The van der Waals surface area contributed by atoms with Crippen molar-refractivity contribution in [1.29, 1.82) is 0 Å². The first kappa shape index (κ1) is 12.6. The molecule has 0 aromatic heterocycles. The van der Waals surface area contributed by atoms with E-state index in [9.17, 15) is 0 Å². The van der Waals surface area contributed by atoms with Crippen LogP contribution in [-0.4, -0.2) is 24.6 Å². The van der Waals surface area contributed by atoms with Gasteiger partial charge in [0.15, 0.2) is 0 Å². The highest BCUT2D eigenvalue weighted by molar-refractivity contribution is 7.99. The monoisotopic (exact) mass is 261 g/mol. The van der Waals surface area contributed by atoms with Crippen LogP contribution in [0.15, 0.2) is 24.3 Å². The molecule has 98 valence electrons. The topological polar surface area (TPSA) is 12.0 Å². The Balaban J connectivity index is 1.91. The second-order valence-corrected chi connectivity index (χ2v) is 7.04. The van der Waals surface area contributed by atoms with Crippen molar-refractivity contribution in [3.8, 4) is 0 Å². The fourth-order valence-corrected chi connectivity index (χ4v) is 5.07. The molecule has 2 atom stereocenters. The minimum atomic E-state index is 0.571. The maximum Gasteiger partial charge on any atom is 0.00284 e. The number of nitrogens with one attached hydrogen (secondary N) is 1. The van der Waals surface area contributed by atoms with Crippen molar-refractivity contribution in [2.24, 2.45) is 5.41 Å². The second kappa shape index (κ2) is 5.26. The van der Waals surface area contributed by atoms with Gasteiger partial charge in [0.2, 0.25) is 0 Å². The Hall–Kier alpha value is -0.470. The molecule has 2 aliphatic rings. The minimum Gasteiger partial charge on any atom is -0.316 e. The van der Waals surface area contributed by atoms with E-state index in [1.54, 1.807) is 5.56 Å². The molecule has 2 fully saturated rings. The Labute approximate surface area is 115 Å². The van der Waals surface area contributed by atoms with Gasteiger partial charge in [0.1, 0.15) is 0 Å². The summed E-state index contributed by atoms with van der Waals surface area (Å²) in [5.41, 5.74) is 3.53. The zero-order chi connectivity index (χ0) is 12.4. The molecule has 2 aliphatic heterocycles. The first-order valence-corrected chi connectivity index (χ1v) is 8.31. The van der Waals surface area contributed by atoms with Crippen LogP contribution < -0.4 is 5.32 Å². The third kappa shape index (κ3) is 2.33. The lowest BCUT2D eigenvalue weighted by Crippen LogP contribution is -2.46. The largest absolute Gasteiger partial charge is 0.316 e. The summed E-state index contributed by atoms with van der Waals surface area (Å²) in [6.45, 7) is 4.59. The quantitative estimate of drug-likeness (QED) is 0.829. The molecule has 1 aromatic carbocycles. The molecule has 1 nitrogen and oxygen atoms in total. The summed E-state index contributed by atoms with van der Waals surface area (Å²) >= 11 is 2.18. The molecule has 0 saturated carbocycles. The maximum absolute atomic E-state index is 3.62. The maximum atomic E-state index is 3.62. The van der Waals surface area contributed by atoms with Crippen LogP contribution in [0.3, 0.4) is 0 Å². The normalized spacial score (nSPS) is 32.6. The molecule has 0 bridgehead atoms. The van der Waals surface area contributed by atoms with E-state index < -0.39 is 0 Å². The van der Waals surface area contributed by atoms with E-state index in [0.717, 1.165) is 5.92 Å². The summed E-state index contributed by atoms with van der Waals surface area (Å²) in [5.74, 6) is 3.46. The molecule has 2 unspecified atom stereocenters. The zero-order valence-electron chi connectivity index (χ0n) is 11.2. The Kier molecular flexibility index (Phi) is 3.67. The highest BCUT2D eigenvalue weighted by atomic mass is 32.2. The molecule has 1 spiro atoms. The van der Waals surface area contributed by atoms with E-state index >= 15 is 0 Å². The van der Waals surface area contributed by atoms with Crippen LogP contribution in [0.25, 0.3) is 0 Å². The van der Waals surface area contributed by atoms with Gasteiger partial charge in [-0.2, -0.15) is 11.8 Å². The van der Waals surface area contributed by atoms with Gasteiger partial charge in [-0.05, 0) is 55.2 Å². The lowest BCUT2D eigenvalue weighted by molar-refractivity contribution is 0.173. The van der Waals surface area contributed by atoms with Gasteiger partial charge < -0.3 is 5.32 Å². The van der Waals surface area contributed by atoms with Gasteiger partial charge in [-0.3, -0.25) is 0 Å². The molecule has 0 aliphatic carbocycles. The lowest BCUT2D eigenvalue weighted by Gasteiger charge is -2.47. The van der Waals surface area contributed by atoms with Crippen LogP contribution in [0.5, 0.6) is 0 Å². The Bertz CT molecular complexity index is 401. The second-order valence-electron chi connectivity index (χ2n) is 5.94. The fraction of sp³-hybridized carbons (Fsp3) is 0.625. The van der Waals surface area contributed by atoms with Crippen LogP contribution in [0.1, 0.15) is 36.3 Å².